The van der Waals surface area contributed by atoms with E-state index in [1.54, 1.807) is 6.92 Å². The maximum atomic E-state index is 13.1. The third-order valence-corrected chi connectivity index (χ3v) is 7.78. The van der Waals surface area contributed by atoms with Crippen molar-refractivity contribution in [3.63, 3.8) is 0 Å². The largest absolute Gasteiger partial charge is 0.451 e. The second-order valence-electron chi connectivity index (χ2n) is 7.74. The van der Waals surface area contributed by atoms with Gasteiger partial charge in [-0.25, -0.2) is 13.2 Å². The number of Topliss-reactive ketones (excluding diaryl/α,β-unsaturated/α-hetero) is 1. The van der Waals surface area contributed by atoms with Gasteiger partial charge in [-0.05, 0) is 38.1 Å². The summed E-state index contributed by atoms with van der Waals surface area (Å²) in [5, 5.41) is 0.767. The minimum Gasteiger partial charge on any atom is -0.451 e. The zero-order chi connectivity index (χ0) is 23.8. The number of H-pyrrole nitrogens is 1. The Morgan fingerprint density at radius 2 is 1.85 bits per heavy atom. The number of ether oxygens (including phenoxy) is 2. The Balaban J connectivity index is 1.57. The summed E-state index contributed by atoms with van der Waals surface area (Å²) in [4.78, 5) is 29.0. The summed E-state index contributed by atoms with van der Waals surface area (Å²) in [6.07, 6.45) is -1.11. The number of aromatic nitrogens is 1. The number of sulfonamides is 1. The molecule has 0 aliphatic carbocycles. The van der Waals surface area contributed by atoms with Gasteiger partial charge in [0.1, 0.15) is 0 Å². The van der Waals surface area contributed by atoms with Crippen LogP contribution in [0.5, 0.6) is 0 Å². The first-order valence-corrected chi connectivity index (χ1v) is 12.2. The van der Waals surface area contributed by atoms with Crippen LogP contribution in [-0.4, -0.2) is 61.9 Å². The van der Waals surface area contributed by atoms with Gasteiger partial charge in [-0.15, -0.1) is 0 Å². The number of ketones is 1. The van der Waals surface area contributed by atoms with Gasteiger partial charge < -0.3 is 14.5 Å². The molecule has 1 aromatic heterocycles. The summed E-state index contributed by atoms with van der Waals surface area (Å²) in [5.74, 6) is -1.25. The molecule has 1 unspecified atom stereocenters. The highest BCUT2D eigenvalue weighted by molar-refractivity contribution is 7.89. The standard InChI is InChI=1S/C23H23ClN2O6S/c1-14-21(17-5-3-4-6-20(17)25-14)22(27)15(2)32-23(28)18-13-16(7-8-19(18)24)33(29,30)26-9-11-31-12-10-26/h3-8,13,15,25H,9-12H2,1-2H3. The van der Waals surface area contributed by atoms with Crippen molar-refractivity contribution < 1.29 is 27.5 Å². The van der Waals surface area contributed by atoms with Crippen LogP contribution >= 0.6 is 11.6 Å². The molecule has 0 spiro atoms. The molecule has 10 heteroatoms. The number of morpholine rings is 1. The predicted octanol–water partition coefficient (Wildman–Crippen LogP) is 3.58. The molecule has 2 heterocycles. The lowest BCUT2D eigenvalue weighted by Gasteiger charge is -2.26. The van der Waals surface area contributed by atoms with Crippen molar-refractivity contribution in [3.05, 3.63) is 64.3 Å². The molecule has 0 radical (unpaired) electrons. The molecule has 174 valence electrons. The maximum Gasteiger partial charge on any atom is 0.340 e. The van der Waals surface area contributed by atoms with Crippen LogP contribution in [0.1, 0.15) is 33.3 Å². The van der Waals surface area contributed by atoms with E-state index in [1.807, 2.05) is 24.3 Å². The second-order valence-corrected chi connectivity index (χ2v) is 10.1. The summed E-state index contributed by atoms with van der Waals surface area (Å²) >= 11 is 6.17. The fraction of sp³-hybridized carbons (Fsp3) is 0.304. The van der Waals surface area contributed by atoms with Crippen LogP contribution in [0.4, 0.5) is 0 Å². The highest BCUT2D eigenvalue weighted by Crippen LogP contribution is 2.27. The minimum absolute atomic E-state index is 0.0313. The lowest BCUT2D eigenvalue weighted by Crippen LogP contribution is -2.40. The number of hydrogen-bond acceptors (Lipinski definition) is 6. The third kappa shape index (κ3) is 4.54. The van der Waals surface area contributed by atoms with Gasteiger partial charge >= 0.3 is 5.97 Å². The molecule has 0 saturated carbocycles. The molecule has 1 saturated heterocycles. The number of carbonyl (C=O) groups is 2. The number of aryl methyl sites for hydroxylation is 1. The fourth-order valence-electron chi connectivity index (χ4n) is 3.83. The third-order valence-electron chi connectivity index (χ3n) is 5.56. The smallest absolute Gasteiger partial charge is 0.340 e. The second kappa shape index (κ2) is 9.26. The van der Waals surface area contributed by atoms with E-state index < -0.39 is 22.1 Å². The Morgan fingerprint density at radius 3 is 2.58 bits per heavy atom. The van der Waals surface area contributed by atoms with Gasteiger partial charge in [0.15, 0.2) is 6.10 Å². The van der Waals surface area contributed by atoms with E-state index in [9.17, 15) is 18.0 Å². The molecule has 1 atom stereocenters. The minimum atomic E-state index is -3.83. The predicted molar refractivity (Wildman–Crippen MR) is 123 cm³/mol. The molecule has 1 N–H and O–H groups in total. The van der Waals surface area contributed by atoms with Gasteiger partial charge in [0.05, 0.1) is 28.7 Å². The molecule has 0 bridgehead atoms. The van der Waals surface area contributed by atoms with Crippen LogP contribution in [0, 0.1) is 6.92 Å². The highest BCUT2D eigenvalue weighted by atomic mass is 35.5. The number of para-hydroxylation sites is 1. The van der Waals surface area contributed by atoms with Crippen molar-refractivity contribution in [1.82, 2.24) is 9.29 Å². The molecular formula is C23H23ClN2O6S. The van der Waals surface area contributed by atoms with Crippen molar-refractivity contribution in [3.8, 4) is 0 Å². The number of rotatable bonds is 6. The zero-order valence-corrected chi connectivity index (χ0v) is 19.7. The molecular weight excluding hydrogens is 468 g/mol. The van der Waals surface area contributed by atoms with E-state index in [0.717, 1.165) is 10.9 Å². The van der Waals surface area contributed by atoms with Gasteiger partial charge in [0.25, 0.3) is 0 Å². The first-order chi connectivity index (χ1) is 15.7. The van der Waals surface area contributed by atoms with Gasteiger partial charge in [0.2, 0.25) is 15.8 Å². The van der Waals surface area contributed by atoms with Crippen molar-refractivity contribution >= 4 is 44.3 Å². The van der Waals surface area contributed by atoms with E-state index >= 15 is 0 Å². The van der Waals surface area contributed by atoms with Gasteiger partial charge in [-0.2, -0.15) is 4.31 Å². The SMILES string of the molecule is Cc1[nH]c2ccccc2c1C(=O)C(C)OC(=O)c1cc(S(=O)(=O)N2CCOCC2)ccc1Cl. The van der Waals surface area contributed by atoms with Crippen molar-refractivity contribution in [2.45, 2.75) is 24.8 Å². The van der Waals surface area contributed by atoms with E-state index in [4.69, 9.17) is 21.1 Å². The van der Waals surface area contributed by atoms with Gasteiger partial charge in [-0.1, -0.05) is 29.8 Å². The molecule has 1 aliphatic heterocycles. The number of nitrogens with zero attached hydrogens (tertiary/aromatic N) is 1. The highest BCUT2D eigenvalue weighted by Gasteiger charge is 2.29. The quantitative estimate of drug-likeness (QED) is 0.418. The molecule has 0 amide bonds. The molecule has 1 fully saturated rings. The Morgan fingerprint density at radius 1 is 1.15 bits per heavy atom. The van der Waals surface area contributed by atoms with Gasteiger partial charge in [-0.3, -0.25) is 4.79 Å². The Labute approximate surface area is 196 Å². The average molecular weight is 491 g/mol. The lowest BCUT2D eigenvalue weighted by molar-refractivity contribution is 0.0319. The lowest BCUT2D eigenvalue weighted by atomic mass is 10.0. The van der Waals surface area contributed by atoms with Crippen LogP contribution in [0.2, 0.25) is 5.02 Å². The first-order valence-electron chi connectivity index (χ1n) is 10.4. The summed E-state index contributed by atoms with van der Waals surface area (Å²) in [6.45, 7) is 4.30. The molecule has 2 aromatic carbocycles. The molecule has 3 aromatic rings. The molecule has 8 nitrogen and oxygen atoms in total. The normalized spacial score (nSPS) is 16.0. The number of aromatic amines is 1. The van der Waals surface area contributed by atoms with Crippen LogP contribution in [-0.2, 0) is 19.5 Å². The fourth-order valence-corrected chi connectivity index (χ4v) is 5.46. The molecule has 4 rings (SSSR count). The number of fused-ring (bicyclic) bond motifs is 1. The number of nitrogens with one attached hydrogen (secondary N) is 1. The number of halogens is 1. The van der Waals surface area contributed by atoms with E-state index in [0.29, 0.717) is 24.5 Å². The van der Waals surface area contributed by atoms with Gasteiger partial charge in [0, 0.05) is 35.2 Å². The van der Waals surface area contributed by atoms with Crippen LogP contribution in [0.15, 0.2) is 47.4 Å². The number of hydrogen-bond donors (Lipinski definition) is 1. The van der Waals surface area contributed by atoms with Crippen molar-refractivity contribution in [1.29, 1.82) is 0 Å². The molecule has 1 aliphatic rings. The Kier molecular flexibility index (Phi) is 6.58. The molecule has 33 heavy (non-hydrogen) atoms. The summed E-state index contributed by atoms with van der Waals surface area (Å²) in [7, 11) is -3.83. The van der Waals surface area contributed by atoms with E-state index in [2.05, 4.69) is 4.98 Å². The van der Waals surface area contributed by atoms with Crippen molar-refractivity contribution in [2.75, 3.05) is 26.3 Å². The summed E-state index contributed by atoms with van der Waals surface area (Å²) < 4.78 is 37.8. The zero-order valence-electron chi connectivity index (χ0n) is 18.1. The Hall–Kier alpha value is -2.72. The van der Waals surface area contributed by atoms with Crippen LogP contribution in [0.3, 0.4) is 0 Å². The monoisotopic (exact) mass is 490 g/mol. The average Bonchev–Trinajstić information content (AvgIpc) is 3.14. The summed E-state index contributed by atoms with van der Waals surface area (Å²) in [5.41, 5.74) is 1.80. The maximum absolute atomic E-state index is 13.1. The topological polar surface area (TPSA) is 106 Å². The number of esters is 1. The number of carbonyl (C=O) groups excluding carboxylic acids is 2. The van der Waals surface area contributed by atoms with Crippen LogP contribution < -0.4 is 0 Å². The van der Waals surface area contributed by atoms with Crippen molar-refractivity contribution in [2.24, 2.45) is 0 Å². The first kappa shape index (κ1) is 23.4. The van der Waals surface area contributed by atoms with Crippen LogP contribution in [0.25, 0.3) is 10.9 Å². The summed E-state index contributed by atoms with van der Waals surface area (Å²) in [6, 6.07) is 11.2. The van der Waals surface area contributed by atoms with E-state index in [1.165, 1.54) is 29.4 Å². The Bertz CT molecular complexity index is 1330. The van der Waals surface area contributed by atoms with E-state index in [-0.39, 0.29) is 34.4 Å². The number of benzene rings is 2.